The first-order valence-corrected chi connectivity index (χ1v) is 9.01. The zero-order valence-electron chi connectivity index (χ0n) is 15.7. The molecule has 1 saturated carbocycles. The molecule has 0 aromatic heterocycles. The Morgan fingerprint density at radius 3 is 2.29 bits per heavy atom. The van der Waals surface area contributed by atoms with E-state index in [1.54, 1.807) is 14.0 Å². The summed E-state index contributed by atoms with van der Waals surface area (Å²) in [6.07, 6.45) is -2.20. The molecule has 0 bridgehead atoms. The van der Waals surface area contributed by atoms with Crippen LogP contribution in [0.15, 0.2) is 24.3 Å². The molecule has 0 spiro atoms. The fraction of sp³-hybridized carbons (Fsp3) is 0.526. The molecule has 0 heterocycles. The van der Waals surface area contributed by atoms with Gasteiger partial charge in [-0.3, -0.25) is 19.7 Å². The largest absolute Gasteiger partial charge is 0.416 e. The van der Waals surface area contributed by atoms with Crippen molar-refractivity contribution in [1.82, 2.24) is 16.0 Å². The predicted molar refractivity (Wildman–Crippen MR) is 96.0 cm³/mol. The number of imide groups is 1. The van der Waals surface area contributed by atoms with Gasteiger partial charge in [0.05, 0.1) is 5.56 Å². The molecule has 2 atom stereocenters. The van der Waals surface area contributed by atoms with E-state index >= 15 is 0 Å². The Labute approximate surface area is 161 Å². The number of benzene rings is 1. The first-order valence-electron chi connectivity index (χ1n) is 9.01. The van der Waals surface area contributed by atoms with Gasteiger partial charge in [0, 0.05) is 12.5 Å². The molecule has 6 nitrogen and oxygen atoms in total. The molecule has 1 fully saturated rings. The zero-order valence-corrected chi connectivity index (χ0v) is 15.7. The smallest absolute Gasteiger partial charge is 0.353 e. The molecule has 1 aliphatic carbocycles. The van der Waals surface area contributed by atoms with Crippen LogP contribution >= 0.6 is 0 Å². The van der Waals surface area contributed by atoms with Gasteiger partial charge in [-0.25, -0.2) is 0 Å². The molecule has 0 saturated heterocycles. The van der Waals surface area contributed by atoms with Crippen molar-refractivity contribution in [3.63, 3.8) is 0 Å². The predicted octanol–water partition coefficient (Wildman–Crippen LogP) is 1.64. The van der Waals surface area contributed by atoms with Gasteiger partial charge in [0.1, 0.15) is 5.54 Å². The lowest BCUT2D eigenvalue weighted by Crippen LogP contribution is -2.63. The SMILES string of the molecule is CNC(CNC(=O)C(C)Cc1ccc(C(F)(F)F)cc1)(C(=O)NC=O)C1CC1. The van der Waals surface area contributed by atoms with Crippen LogP contribution < -0.4 is 16.0 Å². The van der Waals surface area contributed by atoms with E-state index in [1.807, 2.05) is 0 Å². The average molecular weight is 399 g/mol. The average Bonchev–Trinajstić information content (AvgIpc) is 3.48. The number of hydrogen-bond acceptors (Lipinski definition) is 4. The van der Waals surface area contributed by atoms with Crippen molar-refractivity contribution < 1.29 is 27.6 Å². The van der Waals surface area contributed by atoms with E-state index in [2.05, 4.69) is 16.0 Å². The fourth-order valence-electron chi connectivity index (χ4n) is 3.25. The highest BCUT2D eigenvalue weighted by molar-refractivity contribution is 5.94. The number of hydrogen-bond donors (Lipinski definition) is 3. The molecule has 1 aromatic carbocycles. The Bertz CT molecular complexity index is 717. The van der Waals surface area contributed by atoms with Crippen molar-refractivity contribution in [3.8, 4) is 0 Å². The Balaban J connectivity index is 1.97. The topological polar surface area (TPSA) is 87.3 Å². The van der Waals surface area contributed by atoms with Crippen LogP contribution in [0.3, 0.4) is 0 Å². The summed E-state index contributed by atoms with van der Waals surface area (Å²) in [6, 6.07) is 4.68. The number of halogens is 3. The number of carbonyl (C=O) groups is 3. The molecular formula is C19H24F3N3O3. The number of likely N-dealkylation sites (N-methyl/N-ethyl adjacent to an activating group) is 1. The standard InChI is InChI=1S/C19H24F3N3O3/c1-12(9-13-3-5-15(6-4-13)19(20,21)22)16(27)24-10-18(23-2,14-7-8-14)17(28)25-11-26/h3-6,11-12,14,23H,7-10H2,1-2H3,(H,24,27)(H,25,26,28). The Hall–Kier alpha value is -2.42. The Kier molecular flexibility index (Phi) is 6.82. The molecular weight excluding hydrogens is 375 g/mol. The van der Waals surface area contributed by atoms with Crippen molar-refractivity contribution in [2.24, 2.45) is 11.8 Å². The molecule has 2 unspecified atom stereocenters. The summed E-state index contributed by atoms with van der Waals surface area (Å²) in [5.41, 5.74) is -1.20. The molecule has 3 amide bonds. The van der Waals surface area contributed by atoms with Crippen LogP contribution in [0.25, 0.3) is 0 Å². The minimum Gasteiger partial charge on any atom is -0.353 e. The molecule has 0 radical (unpaired) electrons. The zero-order chi connectivity index (χ0) is 20.9. The third-order valence-corrected chi connectivity index (χ3v) is 5.13. The molecule has 154 valence electrons. The van der Waals surface area contributed by atoms with E-state index < -0.39 is 29.1 Å². The van der Waals surface area contributed by atoms with Crippen LogP contribution in [0, 0.1) is 11.8 Å². The molecule has 3 N–H and O–H groups in total. The van der Waals surface area contributed by atoms with E-state index in [9.17, 15) is 27.6 Å². The highest BCUT2D eigenvalue weighted by Gasteiger charge is 2.50. The van der Waals surface area contributed by atoms with Gasteiger partial charge in [-0.1, -0.05) is 19.1 Å². The summed E-state index contributed by atoms with van der Waals surface area (Å²) >= 11 is 0. The van der Waals surface area contributed by atoms with Crippen LogP contribution in [0.2, 0.25) is 0 Å². The van der Waals surface area contributed by atoms with E-state index in [0.29, 0.717) is 12.0 Å². The molecule has 1 aliphatic rings. The first kappa shape index (κ1) is 21.9. The van der Waals surface area contributed by atoms with Crippen molar-refractivity contribution >= 4 is 18.2 Å². The summed E-state index contributed by atoms with van der Waals surface area (Å²) < 4.78 is 37.9. The number of alkyl halides is 3. The second-order valence-corrected chi connectivity index (χ2v) is 7.10. The van der Waals surface area contributed by atoms with Crippen LogP contribution in [0.4, 0.5) is 13.2 Å². The van der Waals surface area contributed by atoms with Gasteiger partial charge in [-0.15, -0.1) is 0 Å². The monoisotopic (exact) mass is 399 g/mol. The van der Waals surface area contributed by atoms with Crippen LogP contribution in [-0.4, -0.2) is 37.4 Å². The van der Waals surface area contributed by atoms with Crippen LogP contribution in [0.1, 0.15) is 30.9 Å². The van der Waals surface area contributed by atoms with Gasteiger partial charge in [0.15, 0.2) is 0 Å². The Morgan fingerprint density at radius 2 is 1.82 bits per heavy atom. The van der Waals surface area contributed by atoms with Gasteiger partial charge >= 0.3 is 6.18 Å². The number of rotatable bonds is 9. The summed E-state index contributed by atoms with van der Waals surface area (Å²) in [5, 5.41) is 7.81. The second-order valence-electron chi connectivity index (χ2n) is 7.10. The van der Waals surface area contributed by atoms with Crippen molar-refractivity contribution in [2.45, 2.75) is 37.9 Å². The van der Waals surface area contributed by atoms with Gasteiger partial charge in [0.25, 0.3) is 0 Å². The van der Waals surface area contributed by atoms with Crippen LogP contribution in [0.5, 0.6) is 0 Å². The van der Waals surface area contributed by atoms with E-state index in [0.717, 1.165) is 25.0 Å². The van der Waals surface area contributed by atoms with Crippen molar-refractivity contribution in [1.29, 1.82) is 0 Å². The lowest BCUT2D eigenvalue weighted by Gasteiger charge is -2.32. The van der Waals surface area contributed by atoms with Gasteiger partial charge in [0.2, 0.25) is 18.2 Å². The third-order valence-electron chi connectivity index (χ3n) is 5.13. The van der Waals surface area contributed by atoms with Gasteiger partial charge in [-0.05, 0) is 49.9 Å². The molecule has 1 aromatic rings. The molecule has 0 aliphatic heterocycles. The summed E-state index contributed by atoms with van der Waals surface area (Å²) in [4.78, 5) is 35.4. The summed E-state index contributed by atoms with van der Waals surface area (Å²) in [6.45, 7) is 1.68. The lowest BCUT2D eigenvalue weighted by atomic mass is 9.91. The number of amides is 3. The minimum absolute atomic E-state index is 0.0166. The first-order chi connectivity index (χ1) is 13.1. The Morgan fingerprint density at radius 1 is 1.21 bits per heavy atom. The van der Waals surface area contributed by atoms with E-state index in [4.69, 9.17) is 0 Å². The number of carbonyl (C=O) groups excluding carboxylic acids is 3. The van der Waals surface area contributed by atoms with Crippen LogP contribution in [-0.2, 0) is 27.0 Å². The fourth-order valence-corrected chi connectivity index (χ4v) is 3.25. The molecule has 2 rings (SSSR count). The molecule has 9 heteroatoms. The minimum atomic E-state index is -4.40. The quantitative estimate of drug-likeness (QED) is 0.551. The van der Waals surface area contributed by atoms with Gasteiger partial charge in [-0.2, -0.15) is 13.2 Å². The summed E-state index contributed by atoms with van der Waals surface area (Å²) in [7, 11) is 1.60. The molecule has 28 heavy (non-hydrogen) atoms. The third kappa shape index (κ3) is 5.09. The van der Waals surface area contributed by atoms with Gasteiger partial charge < -0.3 is 10.6 Å². The maximum atomic E-state index is 12.6. The van der Waals surface area contributed by atoms with Crippen molar-refractivity contribution in [3.05, 3.63) is 35.4 Å². The lowest BCUT2D eigenvalue weighted by molar-refractivity contribution is -0.137. The maximum absolute atomic E-state index is 12.6. The van der Waals surface area contributed by atoms with E-state index in [1.165, 1.54) is 12.1 Å². The number of nitrogens with one attached hydrogen (secondary N) is 3. The van der Waals surface area contributed by atoms with Crippen molar-refractivity contribution in [2.75, 3.05) is 13.6 Å². The van der Waals surface area contributed by atoms with E-state index in [-0.39, 0.29) is 24.8 Å². The maximum Gasteiger partial charge on any atom is 0.416 e. The highest BCUT2D eigenvalue weighted by Crippen LogP contribution is 2.39. The highest BCUT2D eigenvalue weighted by atomic mass is 19.4. The second kappa shape index (κ2) is 8.72. The summed E-state index contributed by atoms with van der Waals surface area (Å²) in [5.74, 6) is -1.30. The normalized spacial score (nSPS) is 17.3.